The number of carbonyl (C=O) groups excluding carboxylic acids is 3. The number of halogens is 6. The Morgan fingerprint density at radius 1 is 0.759 bits per heavy atom. The molecule has 0 aromatic carbocycles. The minimum Gasteiger partial charge on any atom is -0.462 e. The predicted molar refractivity (Wildman–Crippen MR) is 86.4 cm³/mol. The standard InChI is InChI=1S/C17H24F6O6/c1-4-15(2,3)8-7-12(25)28-10-9-27-11(24)5-6-13(26)29-14(16(18,19)20)17(21,22)23/h14H,4-10H2,1-3H3. The molecule has 0 unspecified atom stereocenters. The molecule has 170 valence electrons. The Hall–Kier alpha value is -2.01. The Kier molecular flexibility index (Phi) is 10.5. The van der Waals surface area contributed by atoms with Gasteiger partial charge in [-0.15, -0.1) is 0 Å². The normalized spacial score (nSPS) is 12.6. The summed E-state index contributed by atoms with van der Waals surface area (Å²) >= 11 is 0. The maximum Gasteiger partial charge on any atom is 0.434 e. The van der Waals surface area contributed by atoms with Crippen LogP contribution in [0.5, 0.6) is 0 Å². The van der Waals surface area contributed by atoms with Gasteiger partial charge in [0.15, 0.2) is 0 Å². The highest BCUT2D eigenvalue weighted by Gasteiger charge is 2.59. The zero-order valence-electron chi connectivity index (χ0n) is 16.2. The molecule has 0 aliphatic carbocycles. The quantitative estimate of drug-likeness (QED) is 0.209. The fraction of sp³-hybridized carbons (Fsp3) is 0.824. The topological polar surface area (TPSA) is 78.9 Å². The first-order valence-electron chi connectivity index (χ1n) is 8.72. The minimum absolute atomic E-state index is 0.0304. The van der Waals surface area contributed by atoms with E-state index in [9.17, 15) is 40.7 Å². The molecule has 0 aromatic heterocycles. The first kappa shape index (κ1) is 27.0. The first-order valence-corrected chi connectivity index (χ1v) is 8.72. The van der Waals surface area contributed by atoms with Crippen molar-refractivity contribution in [3.8, 4) is 0 Å². The van der Waals surface area contributed by atoms with Gasteiger partial charge in [-0.3, -0.25) is 14.4 Å². The molecular formula is C17H24F6O6. The van der Waals surface area contributed by atoms with Crippen LogP contribution in [-0.2, 0) is 28.6 Å². The molecule has 0 saturated carbocycles. The number of hydrogen-bond donors (Lipinski definition) is 0. The molecule has 0 atom stereocenters. The highest BCUT2D eigenvalue weighted by Crippen LogP contribution is 2.35. The van der Waals surface area contributed by atoms with E-state index in [0.717, 1.165) is 6.42 Å². The van der Waals surface area contributed by atoms with Crippen molar-refractivity contribution in [3.05, 3.63) is 0 Å². The van der Waals surface area contributed by atoms with Crippen molar-refractivity contribution in [1.29, 1.82) is 0 Å². The van der Waals surface area contributed by atoms with Crippen molar-refractivity contribution in [2.75, 3.05) is 13.2 Å². The Balaban J connectivity index is 4.13. The summed E-state index contributed by atoms with van der Waals surface area (Å²) in [7, 11) is 0. The third-order valence-electron chi connectivity index (χ3n) is 3.95. The van der Waals surface area contributed by atoms with E-state index in [1.807, 2.05) is 20.8 Å². The lowest BCUT2D eigenvalue weighted by Gasteiger charge is -2.22. The van der Waals surface area contributed by atoms with Crippen LogP contribution in [0.25, 0.3) is 0 Å². The molecule has 0 N–H and O–H groups in total. The third-order valence-corrected chi connectivity index (χ3v) is 3.95. The van der Waals surface area contributed by atoms with Crippen LogP contribution in [0.4, 0.5) is 26.3 Å². The molecule has 0 aliphatic heterocycles. The van der Waals surface area contributed by atoms with E-state index in [1.165, 1.54) is 0 Å². The minimum atomic E-state index is -5.83. The van der Waals surface area contributed by atoms with E-state index in [1.54, 1.807) is 0 Å². The van der Waals surface area contributed by atoms with Gasteiger partial charge in [-0.05, 0) is 11.8 Å². The third kappa shape index (κ3) is 12.2. The maximum atomic E-state index is 12.3. The second-order valence-corrected chi connectivity index (χ2v) is 6.91. The summed E-state index contributed by atoms with van der Waals surface area (Å²) in [4.78, 5) is 34.0. The van der Waals surface area contributed by atoms with Gasteiger partial charge in [-0.1, -0.05) is 27.2 Å². The molecule has 0 heterocycles. The fourth-order valence-corrected chi connectivity index (χ4v) is 1.79. The van der Waals surface area contributed by atoms with Crippen LogP contribution >= 0.6 is 0 Å². The first-order chi connectivity index (χ1) is 13.1. The zero-order valence-corrected chi connectivity index (χ0v) is 16.2. The van der Waals surface area contributed by atoms with Gasteiger partial charge in [0.25, 0.3) is 6.10 Å². The molecule has 0 amide bonds. The molecule has 0 spiro atoms. The van der Waals surface area contributed by atoms with Gasteiger partial charge in [0.2, 0.25) is 0 Å². The van der Waals surface area contributed by atoms with Crippen molar-refractivity contribution < 1.29 is 54.9 Å². The number of carbonyl (C=O) groups is 3. The highest BCUT2D eigenvalue weighted by atomic mass is 19.4. The number of alkyl halides is 6. The van der Waals surface area contributed by atoms with Crippen LogP contribution in [0.3, 0.4) is 0 Å². The molecule has 0 radical (unpaired) electrons. The van der Waals surface area contributed by atoms with E-state index in [0.29, 0.717) is 6.42 Å². The van der Waals surface area contributed by atoms with Crippen LogP contribution in [0, 0.1) is 5.41 Å². The monoisotopic (exact) mass is 438 g/mol. The Morgan fingerprint density at radius 2 is 1.17 bits per heavy atom. The Bertz CT molecular complexity index is 542. The summed E-state index contributed by atoms with van der Waals surface area (Å²) in [5.41, 5.74) is -0.0304. The van der Waals surface area contributed by atoms with Crippen molar-refractivity contribution >= 4 is 17.9 Å². The van der Waals surface area contributed by atoms with Crippen LogP contribution < -0.4 is 0 Å². The summed E-state index contributed by atoms with van der Waals surface area (Å²) < 4.78 is 86.3. The lowest BCUT2D eigenvalue weighted by molar-refractivity contribution is -0.313. The van der Waals surface area contributed by atoms with Gasteiger partial charge >= 0.3 is 30.3 Å². The zero-order chi connectivity index (χ0) is 22.9. The molecule has 29 heavy (non-hydrogen) atoms. The smallest absolute Gasteiger partial charge is 0.434 e. The summed E-state index contributed by atoms with van der Waals surface area (Å²) in [5, 5.41) is 0. The largest absolute Gasteiger partial charge is 0.462 e. The van der Waals surface area contributed by atoms with E-state index < -0.39 is 49.2 Å². The van der Waals surface area contributed by atoms with E-state index in [2.05, 4.69) is 9.47 Å². The van der Waals surface area contributed by atoms with Gasteiger partial charge in [-0.25, -0.2) is 0 Å². The SMILES string of the molecule is CCC(C)(C)CCC(=O)OCCOC(=O)CCC(=O)OC(C(F)(F)F)C(F)(F)F. The van der Waals surface area contributed by atoms with E-state index >= 15 is 0 Å². The van der Waals surface area contributed by atoms with Crippen LogP contribution in [0.1, 0.15) is 52.9 Å². The molecule has 12 heteroatoms. The molecule has 0 saturated heterocycles. The Morgan fingerprint density at radius 3 is 1.59 bits per heavy atom. The van der Waals surface area contributed by atoms with Gasteiger partial charge in [0.1, 0.15) is 13.2 Å². The maximum absolute atomic E-state index is 12.3. The Labute approximate surface area is 163 Å². The van der Waals surface area contributed by atoms with Crippen molar-refractivity contribution in [2.45, 2.75) is 71.3 Å². The van der Waals surface area contributed by atoms with Crippen LogP contribution in [0.2, 0.25) is 0 Å². The van der Waals surface area contributed by atoms with Crippen molar-refractivity contribution in [2.24, 2.45) is 5.41 Å². The van der Waals surface area contributed by atoms with Gasteiger partial charge in [0.05, 0.1) is 12.8 Å². The van der Waals surface area contributed by atoms with E-state index in [-0.39, 0.29) is 25.0 Å². The predicted octanol–water partition coefficient (Wildman–Crippen LogP) is 4.11. The molecule has 0 aromatic rings. The number of rotatable bonds is 11. The average molecular weight is 438 g/mol. The van der Waals surface area contributed by atoms with Gasteiger partial charge < -0.3 is 14.2 Å². The lowest BCUT2D eigenvalue weighted by atomic mass is 9.85. The molecular weight excluding hydrogens is 414 g/mol. The van der Waals surface area contributed by atoms with Gasteiger partial charge in [-0.2, -0.15) is 26.3 Å². The molecule has 0 rings (SSSR count). The lowest BCUT2D eigenvalue weighted by Crippen LogP contribution is -2.45. The second-order valence-electron chi connectivity index (χ2n) is 6.91. The summed E-state index contributed by atoms with van der Waals surface area (Å²) in [5.74, 6) is -3.43. The van der Waals surface area contributed by atoms with Gasteiger partial charge in [0, 0.05) is 6.42 Å². The molecule has 0 aliphatic rings. The second kappa shape index (κ2) is 11.2. The number of ether oxygens (including phenoxy) is 3. The molecule has 0 fully saturated rings. The number of hydrogen-bond acceptors (Lipinski definition) is 6. The summed E-state index contributed by atoms with van der Waals surface area (Å²) in [6.45, 7) is 5.31. The van der Waals surface area contributed by atoms with Crippen molar-refractivity contribution in [3.63, 3.8) is 0 Å². The number of esters is 3. The highest BCUT2D eigenvalue weighted by molar-refractivity contribution is 5.77. The molecule has 0 bridgehead atoms. The van der Waals surface area contributed by atoms with E-state index in [4.69, 9.17) is 4.74 Å². The van der Waals surface area contributed by atoms with Crippen molar-refractivity contribution in [1.82, 2.24) is 0 Å². The summed E-state index contributed by atoms with van der Waals surface area (Å²) in [6, 6.07) is 0. The fourth-order valence-electron chi connectivity index (χ4n) is 1.79. The average Bonchev–Trinajstić information content (AvgIpc) is 2.58. The van der Waals surface area contributed by atoms with Crippen LogP contribution in [-0.4, -0.2) is 49.6 Å². The molecule has 6 nitrogen and oxygen atoms in total. The van der Waals surface area contributed by atoms with Crippen LogP contribution in [0.15, 0.2) is 0 Å². The summed E-state index contributed by atoms with van der Waals surface area (Å²) in [6.07, 6.45) is -16.1.